The van der Waals surface area contributed by atoms with E-state index in [-0.39, 0.29) is 11.0 Å². The molecule has 0 aromatic carbocycles. The second-order valence-electron chi connectivity index (χ2n) is 6.06. The molecule has 1 fully saturated rings. The molecule has 2 heterocycles. The maximum Gasteiger partial charge on any atom is 0.157 e. The van der Waals surface area contributed by atoms with Crippen molar-refractivity contribution < 1.29 is 0 Å². The molecule has 0 amide bonds. The van der Waals surface area contributed by atoms with Crippen LogP contribution in [0.5, 0.6) is 0 Å². The van der Waals surface area contributed by atoms with Crippen LogP contribution in [0.4, 0.5) is 0 Å². The van der Waals surface area contributed by atoms with Crippen molar-refractivity contribution >= 4 is 5.65 Å². The summed E-state index contributed by atoms with van der Waals surface area (Å²) in [6.45, 7) is 6.36. The van der Waals surface area contributed by atoms with Crippen LogP contribution in [0.25, 0.3) is 5.65 Å². The fraction of sp³-hybridized carbons (Fsp3) is 0.538. The zero-order valence-corrected chi connectivity index (χ0v) is 10.6. The lowest BCUT2D eigenvalue weighted by atomic mass is 9.96. The maximum absolute atomic E-state index is 6.19. The van der Waals surface area contributed by atoms with E-state index in [1.807, 2.05) is 10.7 Å². The van der Waals surface area contributed by atoms with Crippen LogP contribution in [-0.4, -0.2) is 14.6 Å². The Morgan fingerprint density at radius 1 is 1.35 bits per heavy atom. The molecule has 2 aromatic rings. The summed E-state index contributed by atoms with van der Waals surface area (Å²) in [5.74, 6) is 0.872. The van der Waals surface area contributed by atoms with Crippen molar-refractivity contribution in [2.75, 3.05) is 0 Å². The maximum atomic E-state index is 6.19. The van der Waals surface area contributed by atoms with Crippen molar-refractivity contribution in [1.82, 2.24) is 14.6 Å². The highest BCUT2D eigenvalue weighted by atomic mass is 15.3. The monoisotopic (exact) mass is 230 g/mol. The van der Waals surface area contributed by atoms with E-state index in [9.17, 15) is 0 Å². The standard InChI is InChI=1S/C13H18N4/c1-12(2,3)11-15-10-8-9(13(14)5-6-13)4-7-17(10)16-11/h4,7-8H,5-6,14H2,1-3H3. The predicted octanol–water partition coefficient (Wildman–Crippen LogP) is 1.97. The second kappa shape index (κ2) is 3.07. The molecular formula is C13H18N4. The highest BCUT2D eigenvalue weighted by Gasteiger charge is 2.40. The normalized spacial score (nSPS) is 18.6. The van der Waals surface area contributed by atoms with Crippen molar-refractivity contribution in [1.29, 1.82) is 0 Å². The summed E-state index contributed by atoms with van der Waals surface area (Å²) in [5.41, 5.74) is 8.14. The van der Waals surface area contributed by atoms with Gasteiger partial charge < -0.3 is 5.73 Å². The highest BCUT2D eigenvalue weighted by Crippen LogP contribution is 2.42. The lowest BCUT2D eigenvalue weighted by Gasteiger charge is -2.11. The number of nitrogens with two attached hydrogens (primary N) is 1. The van der Waals surface area contributed by atoms with Gasteiger partial charge >= 0.3 is 0 Å². The Morgan fingerprint density at radius 2 is 2.06 bits per heavy atom. The average Bonchev–Trinajstić information content (AvgIpc) is 2.85. The van der Waals surface area contributed by atoms with Gasteiger partial charge in [0.1, 0.15) is 0 Å². The lowest BCUT2D eigenvalue weighted by molar-refractivity contribution is 0.545. The van der Waals surface area contributed by atoms with E-state index >= 15 is 0 Å². The molecule has 17 heavy (non-hydrogen) atoms. The van der Waals surface area contributed by atoms with Crippen LogP contribution >= 0.6 is 0 Å². The first-order valence-corrected chi connectivity index (χ1v) is 6.05. The minimum atomic E-state index is -0.102. The van der Waals surface area contributed by atoms with Gasteiger partial charge in [-0.3, -0.25) is 0 Å². The van der Waals surface area contributed by atoms with Gasteiger partial charge in [0.25, 0.3) is 0 Å². The second-order valence-corrected chi connectivity index (χ2v) is 6.06. The van der Waals surface area contributed by atoms with Crippen LogP contribution in [0, 0.1) is 0 Å². The Hall–Kier alpha value is -1.42. The van der Waals surface area contributed by atoms with Gasteiger partial charge in [-0.25, -0.2) is 9.50 Å². The lowest BCUT2D eigenvalue weighted by Crippen LogP contribution is -2.18. The van der Waals surface area contributed by atoms with E-state index in [2.05, 4.69) is 43.0 Å². The van der Waals surface area contributed by atoms with E-state index in [4.69, 9.17) is 5.73 Å². The number of fused-ring (bicyclic) bond motifs is 1. The fourth-order valence-electron chi connectivity index (χ4n) is 1.93. The molecule has 0 unspecified atom stereocenters. The minimum Gasteiger partial charge on any atom is -0.321 e. The largest absolute Gasteiger partial charge is 0.321 e. The van der Waals surface area contributed by atoms with Gasteiger partial charge in [-0.05, 0) is 30.5 Å². The Balaban J connectivity index is 2.11. The molecular weight excluding hydrogens is 212 g/mol. The van der Waals surface area contributed by atoms with Gasteiger partial charge in [0.15, 0.2) is 11.5 Å². The minimum absolute atomic E-state index is 0.0217. The van der Waals surface area contributed by atoms with Gasteiger partial charge in [0, 0.05) is 17.2 Å². The molecule has 1 aliphatic rings. The smallest absolute Gasteiger partial charge is 0.157 e. The van der Waals surface area contributed by atoms with Crippen molar-refractivity contribution in [3.05, 3.63) is 29.7 Å². The van der Waals surface area contributed by atoms with Gasteiger partial charge in [-0.15, -0.1) is 0 Å². The Bertz CT molecular complexity index is 569. The number of hydrogen-bond donors (Lipinski definition) is 1. The van der Waals surface area contributed by atoms with E-state index in [1.54, 1.807) is 0 Å². The summed E-state index contributed by atoms with van der Waals surface area (Å²) in [4.78, 5) is 4.58. The Morgan fingerprint density at radius 3 is 2.65 bits per heavy atom. The molecule has 90 valence electrons. The summed E-state index contributed by atoms with van der Waals surface area (Å²) in [6.07, 6.45) is 4.10. The van der Waals surface area contributed by atoms with Crippen LogP contribution in [0.15, 0.2) is 18.3 Å². The summed E-state index contributed by atoms with van der Waals surface area (Å²) in [7, 11) is 0. The highest BCUT2D eigenvalue weighted by molar-refractivity contribution is 5.45. The number of rotatable bonds is 1. The van der Waals surface area contributed by atoms with Crippen LogP contribution in [-0.2, 0) is 11.0 Å². The van der Waals surface area contributed by atoms with Crippen molar-refractivity contribution in [3.63, 3.8) is 0 Å². The topological polar surface area (TPSA) is 56.2 Å². The zero-order chi connectivity index (χ0) is 12.3. The predicted molar refractivity (Wildman–Crippen MR) is 66.8 cm³/mol. The van der Waals surface area contributed by atoms with E-state index in [1.165, 1.54) is 5.56 Å². The molecule has 3 rings (SSSR count). The third-order valence-corrected chi connectivity index (χ3v) is 3.37. The van der Waals surface area contributed by atoms with Crippen molar-refractivity contribution in [2.45, 2.75) is 44.6 Å². The van der Waals surface area contributed by atoms with Gasteiger partial charge in [0.05, 0.1) is 0 Å². The molecule has 1 saturated carbocycles. The molecule has 4 heteroatoms. The van der Waals surface area contributed by atoms with E-state index in [0.29, 0.717) is 0 Å². The number of nitrogens with zero attached hydrogens (tertiary/aromatic N) is 3. The average molecular weight is 230 g/mol. The molecule has 1 aliphatic carbocycles. The Labute approximate surface area is 101 Å². The molecule has 0 spiro atoms. The fourth-order valence-corrected chi connectivity index (χ4v) is 1.93. The molecule has 0 atom stereocenters. The van der Waals surface area contributed by atoms with E-state index < -0.39 is 0 Å². The van der Waals surface area contributed by atoms with E-state index in [0.717, 1.165) is 24.3 Å². The molecule has 2 aromatic heterocycles. The quantitative estimate of drug-likeness (QED) is 0.815. The summed E-state index contributed by atoms with van der Waals surface area (Å²) < 4.78 is 1.83. The van der Waals surface area contributed by atoms with Gasteiger partial charge in [-0.2, -0.15) is 5.10 Å². The first-order chi connectivity index (χ1) is 7.88. The first kappa shape index (κ1) is 10.7. The number of hydrogen-bond acceptors (Lipinski definition) is 3. The molecule has 4 nitrogen and oxygen atoms in total. The third kappa shape index (κ3) is 1.72. The van der Waals surface area contributed by atoms with Crippen LogP contribution < -0.4 is 5.73 Å². The number of pyridine rings is 1. The zero-order valence-electron chi connectivity index (χ0n) is 10.6. The SMILES string of the molecule is CC(C)(C)c1nc2cc(C3(N)CC3)ccn2n1. The third-order valence-electron chi connectivity index (χ3n) is 3.37. The summed E-state index contributed by atoms with van der Waals surface area (Å²) in [5, 5.41) is 4.49. The summed E-state index contributed by atoms with van der Waals surface area (Å²) >= 11 is 0. The summed E-state index contributed by atoms with van der Waals surface area (Å²) in [6, 6.07) is 4.12. The van der Waals surface area contributed by atoms with Crippen molar-refractivity contribution in [2.24, 2.45) is 5.73 Å². The number of aromatic nitrogens is 3. The van der Waals surface area contributed by atoms with Crippen LogP contribution in [0.2, 0.25) is 0 Å². The first-order valence-electron chi connectivity index (χ1n) is 6.05. The van der Waals surface area contributed by atoms with Crippen LogP contribution in [0.1, 0.15) is 45.0 Å². The Kier molecular flexibility index (Phi) is 1.94. The molecule has 0 saturated heterocycles. The van der Waals surface area contributed by atoms with Crippen LogP contribution in [0.3, 0.4) is 0 Å². The van der Waals surface area contributed by atoms with Gasteiger partial charge in [-0.1, -0.05) is 20.8 Å². The molecule has 0 radical (unpaired) electrons. The van der Waals surface area contributed by atoms with Gasteiger partial charge in [0.2, 0.25) is 0 Å². The van der Waals surface area contributed by atoms with Crippen molar-refractivity contribution in [3.8, 4) is 0 Å². The molecule has 2 N–H and O–H groups in total. The molecule has 0 aliphatic heterocycles. The molecule has 0 bridgehead atoms.